The van der Waals surface area contributed by atoms with Crippen LogP contribution in [0.4, 0.5) is 0 Å². The van der Waals surface area contributed by atoms with Crippen LogP contribution in [0.2, 0.25) is 0 Å². The molecule has 0 saturated carbocycles. The van der Waals surface area contributed by atoms with Gasteiger partial charge in [0.05, 0.1) is 14.2 Å². The Labute approximate surface area is 94.6 Å². The summed E-state index contributed by atoms with van der Waals surface area (Å²) in [6, 6.07) is 1.82. The van der Waals surface area contributed by atoms with E-state index in [4.69, 9.17) is 9.47 Å². The monoisotopic (exact) mass is 269 g/mol. The van der Waals surface area contributed by atoms with Gasteiger partial charge in [0.15, 0.2) is 5.65 Å². The number of ether oxygens (including phenoxy) is 2. The standard InChI is InChI=1S/C9H8BrN3O2/c1-14-8-9(15-2)13-7-6(12-8)3-5(10)4-11-7/h3-4H,1-2H3. The van der Waals surface area contributed by atoms with E-state index >= 15 is 0 Å². The van der Waals surface area contributed by atoms with Crippen molar-refractivity contribution in [2.24, 2.45) is 0 Å². The molecule has 0 unspecified atom stereocenters. The molecule has 0 fully saturated rings. The van der Waals surface area contributed by atoms with Crippen LogP contribution in [0.5, 0.6) is 11.8 Å². The van der Waals surface area contributed by atoms with Crippen LogP contribution in [0.3, 0.4) is 0 Å². The van der Waals surface area contributed by atoms with Gasteiger partial charge in [-0.1, -0.05) is 0 Å². The van der Waals surface area contributed by atoms with E-state index in [1.807, 2.05) is 6.07 Å². The largest absolute Gasteiger partial charge is 0.477 e. The quantitative estimate of drug-likeness (QED) is 0.832. The minimum atomic E-state index is 0.333. The third-order valence-electron chi connectivity index (χ3n) is 1.81. The van der Waals surface area contributed by atoms with Gasteiger partial charge in [-0.2, -0.15) is 4.98 Å². The lowest BCUT2D eigenvalue weighted by Gasteiger charge is -2.05. The zero-order valence-corrected chi connectivity index (χ0v) is 9.78. The maximum absolute atomic E-state index is 5.04. The zero-order chi connectivity index (χ0) is 10.8. The fraction of sp³-hybridized carbons (Fsp3) is 0.222. The lowest BCUT2D eigenvalue weighted by molar-refractivity contribution is 0.334. The molecule has 2 rings (SSSR count). The van der Waals surface area contributed by atoms with Gasteiger partial charge in [-0.15, -0.1) is 0 Å². The van der Waals surface area contributed by atoms with Gasteiger partial charge in [-0.25, -0.2) is 9.97 Å². The van der Waals surface area contributed by atoms with Crippen molar-refractivity contribution in [3.8, 4) is 11.8 Å². The van der Waals surface area contributed by atoms with Crippen molar-refractivity contribution >= 4 is 27.1 Å². The molecule has 5 nitrogen and oxygen atoms in total. The Morgan fingerprint density at radius 3 is 2.47 bits per heavy atom. The van der Waals surface area contributed by atoms with Gasteiger partial charge in [0, 0.05) is 10.7 Å². The zero-order valence-electron chi connectivity index (χ0n) is 8.19. The number of fused-ring (bicyclic) bond motifs is 1. The number of hydrogen-bond acceptors (Lipinski definition) is 5. The maximum Gasteiger partial charge on any atom is 0.279 e. The van der Waals surface area contributed by atoms with Crippen LogP contribution in [-0.2, 0) is 0 Å². The predicted octanol–water partition coefficient (Wildman–Crippen LogP) is 1.80. The normalized spacial score (nSPS) is 10.3. The first-order valence-electron chi connectivity index (χ1n) is 4.16. The number of nitrogens with zero attached hydrogens (tertiary/aromatic N) is 3. The Bertz CT molecular complexity index is 504. The molecule has 0 N–H and O–H groups in total. The summed E-state index contributed by atoms with van der Waals surface area (Å²) in [6.07, 6.45) is 1.66. The Kier molecular flexibility index (Phi) is 2.68. The summed E-state index contributed by atoms with van der Waals surface area (Å²) < 4.78 is 10.9. The molecule has 0 bridgehead atoms. The molecule has 0 spiro atoms. The van der Waals surface area contributed by atoms with E-state index in [0.717, 1.165) is 4.47 Å². The Morgan fingerprint density at radius 2 is 1.80 bits per heavy atom. The fourth-order valence-corrected chi connectivity index (χ4v) is 1.48. The molecule has 0 amide bonds. The number of aromatic nitrogens is 3. The molecule has 2 aromatic heterocycles. The van der Waals surface area contributed by atoms with Crippen LogP contribution < -0.4 is 9.47 Å². The minimum Gasteiger partial charge on any atom is -0.477 e. The molecule has 0 radical (unpaired) electrons. The first kappa shape index (κ1) is 10.1. The third kappa shape index (κ3) is 1.85. The van der Waals surface area contributed by atoms with Gasteiger partial charge >= 0.3 is 0 Å². The molecular formula is C9H8BrN3O2. The van der Waals surface area contributed by atoms with Gasteiger partial charge in [0.2, 0.25) is 0 Å². The van der Waals surface area contributed by atoms with Crippen LogP contribution in [0.1, 0.15) is 0 Å². The molecule has 6 heteroatoms. The molecule has 0 aromatic carbocycles. The summed E-state index contributed by atoms with van der Waals surface area (Å²) in [5.74, 6) is 0.685. The van der Waals surface area contributed by atoms with E-state index in [0.29, 0.717) is 22.9 Å². The van der Waals surface area contributed by atoms with Crippen molar-refractivity contribution in [1.82, 2.24) is 15.0 Å². The van der Waals surface area contributed by atoms with E-state index in [1.54, 1.807) is 6.20 Å². The Morgan fingerprint density at radius 1 is 1.13 bits per heavy atom. The average molecular weight is 270 g/mol. The van der Waals surface area contributed by atoms with Crippen molar-refractivity contribution in [3.63, 3.8) is 0 Å². The van der Waals surface area contributed by atoms with Crippen LogP contribution in [-0.4, -0.2) is 29.2 Å². The Hall–Kier alpha value is -1.43. The van der Waals surface area contributed by atoms with Crippen molar-refractivity contribution in [1.29, 1.82) is 0 Å². The highest BCUT2D eigenvalue weighted by Crippen LogP contribution is 2.24. The molecule has 0 atom stereocenters. The summed E-state index contributed by atoms with van der Waals surface area (Å²) in [5, 5.41) is 0. The van der Waals surface area contributed by atoms with Crippen LogP contribution in [0, 0.1) is 0 Å². The topological polar surface area (TPSA) is 57.1 Å². The summed E-state index contributed by atoms with van der Waals surface area (Å²) >= 11 is 3.31. The average Bonchev–Trinajstić information content (AvgIpc) is 2.27. The Balaban J connectivity index is 2.69. The van der Waals surface area contributed by atoms with Crippen molar-refractivity contribution < 1.29 is 9.47 Å². The van der Waals surface area contributed by atoms with Crippen LogP contribution in [0.15, 0.2) is 16.7 Å². The van der Waals surface area contributed by atoms with Crippen molar-refractivity contribution in [2.75, 3.05) is 14.2 Å². The number of methoxy groups -OCH3 is 2. The summed E-state index contributed by atoms with van der Waals surface area (Å²) in [4.78, 5) is 12.5. The smallest absolute Gasteiger partial charge is 0.279 e. The van der Waals surface area contributed by atoms with Crippen LogP contribution >= 0.6 is 15.9 Å². The molecule has 0 aliphatic rings. The summed E-state index contributed by atoms with van der Waals surface area (Å²) in [7, 11) is 3.03. The van der Waals surface area contributed by atoms with Crippen molar-refractivity contribution in [3.05, 3.63) is 16.7 Å². The second kappa shape index (κ2) is 3.98. The van der Waals surface area contributed by atoms with Crippen molar-refractivity contribution in [2.45, 2.75) is 0 Å². The van der Waals surface area contributed by atoms with Gasteiger partial charge < -0.3 is 9.47 Å². The highest BCUT2D eigenvalue weighted by atomic mass is 79.9. The molecule has 2 heterocycles. The van der Waals surface area contributed by atoms with Gasteiger partial charge in [-0.3, -0.25) is 0 Å². The van der Waals surface area contributed by atoms with E-state index in [1.165, 1.54) is 14.2 Å². The maximum atomic E-state index is 5.04. The lowest BCUT2D eigenvalue weighted by atomic mass is 10.4. The number of pyridine rings is 1. The number of hydrogen-bond donors (Lipinski definition) is 0. The molecule has 78 valence electrons. The molecule has 0 saturated heterocycles. The molecule has 15 heavy (non-hydrogen) atoms. The second-order valence-electron chi connectivity index (χ2n) is 2.74. The molecule has 2 aromatic rings. The third-order valence-corrected chi connectivity index (χ3v) is 2.25. The first-order valence-corrected chi connectivity index (χ1v) is 4.95. The fourth-order valence-electron chi connectivity index (χ4n) is 1.16. The second-order valence-corrected chi connectivity index (χ2v) is 3.65. The number of halogens is 1. The van der Waals surface area contributed by atoms with Crippen LogP contribution in [0.25, 0.3) is 11.2 Å². The number of rotatable bonds is 2. The predicted molar refractivity (Wildman–Crippen MR) is 58.1 cm³/mol. The summed E-state index contributed by atoms with van der Waals surface area (Å²) in [6.45, 7) is 0. The van der Waals surface area contributed by atoms with Gasteiger partial charge in [-0.05, 0) is 22.0 Å². The van der Waals surface area contributed by atoms with Gasteiger partial charge in [0.25, 0.3) is 11.8 Å². The SMILES string of the molecule is COc1nc2cc(Br)cnc2nc1OC. The van der Waals surface area contributed by atoms with E-state index in [9.17, 15) is 0 Å². The van der Waals surface area contributed by atoms with Gasteiger partial charge in [0.1, 0.15) is 5.52 Å². The van der Waals surface area contributed by atoms with E-state index < -0.39 is 0 Å². The lowest BCUT2D eigenvalue weighted by Crippen LogP contribution is -1.98. The summed E-state index contributed by atoms with van der Waals surface area (Å²) in [5.41, 5.74) is 1.18. The molecular weight excluding hydrogens is 262 g/mol. The highest BCUT2D eigenvalue weighted by molar-refractivity contribution is 9.10. The van der Waals surface area contributed by atoms with E-state index in [2.05, 4.69) is 30.9 Å². The van der Waals surface area contributed by atoms with E-state index in [-0.39, 0.29) is 0 Å². The highest BCUT2D eigenvalue weighted by Gasteiger charge is 2.10. The molecule has 0 aliphatic heterocycles. The molecule has 0 aliphatic carbocycles. The first-order chi connectivity index (χ1) is 7.24. The minimum absolute atomic E-state index is 0.333.